The SMILES string of the molecule is c1ccc(-c2ccc(-n3c4ccccc4c4cc(-c5ccc6c(c5)n(-c5ccccc5)c5nc7c8ccccc8n(-c8ccccc8)c7n65)ccc43)cc2)cc1. The van der Waals surface area contributed by atoms with E-state index in [9.17, 15) is 0 Å². The summed E-state index contributed by atoms with van der Waals surface area (Å²) >= 11 is 0. The smallest absolute Gasteiger partial charge is 0.221 e. The number of fused-ring (bicyclic) bond motifs is 10. The highest BCUT2D eigenvalue weighted by atomic mass is 15.3. The van der Waals surface area contributed by atoms with Gasteiger partial charge in [0, 0.05) is 33.2 Å². The molecule has 0 spiro atoms. The van der Waals surface area contributed by atoms with Gasteiger partial charge in [-0.15, -0.1) is 0 Å². The highest BCUT2D eigenvalue weighted by molar-refractivity contribution is 6.11. The Morgan fingerprint density at radius 3 is 1.52 bits per heavy atom. The molecule has 5 heteroatoms. The second-order valence-corrected chi connectivity index (χ2v) is 14.5. The van der Waals surface area contributed by atoms with E-state index in [1.807, 2.05) is 0 Å². The number of aromatic nitrogens is 5. The zero-order chi connectivity index (χ0) is 36.7. The van der Waals surface area contributed by atoms with Crippen LogP contribution in [0.1, 0.15) is 0 Å². The molecule has 0 aliphatic rings. The van der Waals surface area contributed by atoms with Gasteiger partial charge in [0.05, 0.1) is 27.6 Å². The van der Waals surface area contributed by atoms with Gasteiger partial charge >= 0.3 is 0 Å². The topological polar surface area (TPSA) is 32.1 Å². The molecule has 8 aromatic carbocycles. The van der Waals surface area contributed by atoms with Crippen molar-refractivity contribution in [3.8, 4) is 39.3 Å². The van der Waals surface area contributed by atoms with Gasteiger partial charge in [0.2, 0.25) is 5.78 Å². The largest absolute Gasteiger partial charge is 0.309 e. The van der Waals surface area contributed by atoms with Gasteiger partial charge in [0.15, 0.2) is 5.65 Å². The van der Waals surface area contributed by atoms with E-state index in [0.29, 0.717) is 0 Å². The Bertz CT molecular complexity index is 3440. The lowest BCUT2D eigenvalue weighted by atomic mass is 10.0. The summed E-state index contributed by atoms with van der Waals surface area (Å²) < 4.78 is 9.39. The summed E-state index contributed by atoms with van der Waals surface area (Å²) in [5.41, 5.74) is 15.9. The predicted molar refractivity (Wildman–Crippen MR) is 232 cm³/mol. The molecule has 0 saturated carbocycles. The van der Waals surface area contributed by atoms with Gasteiger partial charge in [-0.2, -0.15) is 0 Å². The van der Waals surface area contributed by atoms with Crippen LogP contribution in [0.5, 0.6) is 0 Å². The van der Waals surface area contributed by atoms with Gasteiger partial charge in [0.1, 0.15) is 5.52 Å². The number of benzene rings is 8. The number of para-hydroxylation sites is 4. The lowest BCUT2D eigenvalue weighted by molar-refractivity contribution is 1.08. The van der Waals surface area contributed by atoms with E-state index in [1.54, 1.807) is 0 Å². The van der Waals surface area contributed by atoms with Crippen molar-refractivity contribution in [2.24, 2.45) is 0 Å². The number of hydrogen-bond donors (Lipinski definition) is 0. The molecule has 0 atom stereocenters. The summed E-state index contributed by atoms with van der Waals surface area (Å²) in [4.78, 5) is 5.44. The monoisotopic (exact) mass is 715 g/mol. The zero-order valence-electron chi connectivity index (χ0n) is 30.3. The Kier molecular flexibility index (Phi) is 6.56. The molecule has 0 radical (unpaired) electrons. The number of nitrogens with zero attached hydrogens (tertiary/aromatic N) is 5. The first-order valence-electron chi connectivity index (χ1n) is 19.1. The molecule has 262 valence electrons. The number of rotatable bonds is 5. The first-order valence-corrected chi connectivity index (χ1v) is 19.1. The molecule has 5 nitrogen and oxygen atoms in total. The van der Waals surface area contributed by atoms with Crippen molar-refractivity contribution in [1.29, 1.82) is 0 Å². The van der Waals surface area contributed by atoms with Gasteiger partial charge < -0.3 is 4.57 Å². The van der Waals surface area contributed by atoms with Crippen LogP contribution in [0.3, 0.4) is 0 Å². The maximum atomic E-state index is 5.44. The molecule has 56 heavy (non-hydrogen) atoms. The Labute approximate surface area is 322 Å². The first kappa shape index (κ1) is 30.8. The molecule has 0 aliphatic carbocycles. The molecule has 0 saturated heterocycles. The van der Waals surface area contributed by atoms with E-state index in [-0.39, 0.29) is 0 Å². The minimum absolute atomic E-state index is 0.889. The summed E-state index contributed by atoms with van der Waals surface area (Å²) in [6.07, 6.45) is 0. The van der Waals surface area contributed by atoms with Crippen LogP contribution in [0.15, 0.2) is 200 Å². The van der Waals surface area contributed by atoms with E-state index in [1.165, 1.54) is 38.5 Å². The van der Waals surface area contributed by atoms with Crippen LogP contribution in [0.2, 0.25) is 0 Å². The summed E-state index contributed by atoms with van der Waals surface area (Å²) in [5, 5.41) is 3.60. The average molecular weight is 716 g/mol. The molecule has 0 amide bonds. The van der Waals surface area contributed by atoms with Crippen molar-refractivity contribution >= 4 is 60.7 Å². The predicted octanol–water partition coefficient (Wildman–Crippen LogP) is 12.8. The second kappa shape index (κ2) is 11.9. The standard InChI is InChI=1S/C51H33N5/c1-4-14-34(15-5-1)35-24-28-40(29-25-35)53-44-22-12-10-20-41(44)43-32-36(26-30-46(43)53)37-27-31-47-48(33-37)55(39-18-8-3-9-19-39)51-52-49-42-21-11-13-23-45(42)54(50(49)56(47)51)38-16-6-2-7-17-38/h1-33H. The van der Waals surface area contributed by atoms with Gasteiger partial charge in [-0.3, -0.25) is 13.5 Å². The molecule has 12 rings (SSSR count). The maximum Gasteiger partial charge on any atom is 0.221 e. The van der Waals surface area contributed by atoms with E-state index in [4.69, 9.17) is 4.98 Å². The van der Waals surface area contributed by atoms with E-state index >= 15 is 0 Å². The molecule has 0 bridgehead atoms. The molecule has 4 aromatic heterocycles. The Morgan fingerprint density at radius 2 is 0.804 bits per heavy atom. The Balaban J connectivity index is 1.07. The maximum absolute atomic E-state index is 5.44. The van der Waals surface area contributed by atoms with Crippen LogP contribution in [-0.4, -0.2) is 23.1 Å². The molecular weight excluding hydrogens is 683 g/mol. The lowest BCUT2D eigenvalue weighted by Crippen LogP contribution is -1.97. The summed E-state index contributed by atoms with van der Waals surface area (Å²) in [7, 11) is 0. The second-order valence-electron chi connectivity index (χ2n) is 14.5. The van der Waals surface area contributed by atoms with Gasteiger partial charge in [0.25, 0.3) is 0 Å². The minimum Gasteiger partial charge on any atom is -0.309 e. The average Bonchev–Trinajstić information content (AvgIpc) is 3.99. The van der Waals surface area contributed by atoms with Crippen LogP contribution in [-0.2, 0) is 0 Å². The summed E-state index contributed by atoms with van der Waals surface area (Å²) in [5.74, 6) is 0.889. The van der Waals surface area contributed by atoms with Gasteiger partial charge in [-0.25, -0.2) is 4.98 Å². The molecule has 0 unspecified atom stereocenters. The molecule has 0 fully saturated rings. The fraction of sp³-hybridized carbons (Fsp3) is 0. The van der Waals surface area contributed by atoms with E-state index < -0.39 is 0 Å². The van der Waals surface area contributed by atoms with Crippen LogP contribution in [0.4, 0.5) is 0 Å². The van der Waals surface area contributed by atoms with Crippen molar-refractivity contribution in [3.63, 3.8) is 0 Å². The fourth-order valence-electron chi connectivity index (χ4n) is 8.86. The van der Waals surface area contributed by atoms with Crippen LogP contribution in [0.25, 0.3) is 100.0 Å². The number of hydrogen-bond acceptors (Lipinski definition) is 1. The van der Waals surface area contributed by atoms with Crippen LogP contribution in [0, 0.1) is 0 Å². The van der Waals surface area contributed by atoms with Crippen molar-refractivity contribution < 1.29 is 0 Å². The van der Waals surface area contributed by atoms with Crippen molar-refractivity contribution in [2.75, 3.05) is 0 Å². The van der Waals surface area contributed by atoms with Crippen molar-refractivity contribution in [1.82, 2.24) is 23.1 Å². The third kappa shape index (κ3) is 4.46. The van der Waals surface area contributed by atoms with E-state index in [0.717, 1.165) is 61.5 Å². The van der Waals surface area contributed by atoms with Gasteiger partial charge in [-0.05, 0) is 95.1 Å². The normalized spacial score (nSPS) is 11.9. The fourth-order valence-corrected chi connectivity index (χ4v) is 8.86. The quantitative estimate of drug-likeness (QED) is 0.175. The van der Waals surface area contributed by atoms with Crippen molar-refractivity contribution in [3.05, 3.63) is 200 Å². The van der Waals surface area contributed by atoms with Crippen LogP contribution >= 0.6 is 0 Å². The zero-order valence-corrected chi connectivity index (χ0v) is 30.3. The highest BCUT2D eigenvalue weighted by Crippen LogP contribution is 2.39. The highest BCUT2D eigenvalue weighted by Gasteiger charge is 2.24. The molecule has 4 heterocycles. The lowest BCUT2D eigenvalue weighted by Gasteiger charge is -2.10. The summed E-state index contributed by atoms with van der Waals surface area (Å²) in [6.45, 7) is 0. The molecular formula is C51H33N5. The number of imidazole rings is 2. The van der Waals surface area contributed by atoms with Crippen LogP contribution < -0.4 is 0 Å². The van der Waals surface area contributed by atoms with Crippen molar-refractivity contribution in [2.45, 2.75) is 0 Å². The third-order valence-corrected chi connectivity index (χ3v) is 11.4. The minimum atomic E-state index is 0.889. The molecule has 0 N–H and O–H groups in total. The van der Waals surface area contributed by atoms with E-state index in [2.05, 4.69) is 218 Å². The molecule has 12 aromatic rings. The first-order chi connectivity index (χ1) is 27.8. The Hall–Kier alpha value is -7.63. The molecule has 0 aliphatic heterocycles. The van der Waals surface area contributed by atoms with Gasteiger partial charge in [-0.1, -0.05) is 127 Å². The Morgan fingerprint density at radius 1 is 0.304 bits per heavy atom. The third-order valence-electron chi connectivity index (χ3n) is 11.4. The summed E-state index contributed by atoms with van der Waals surface area (Å²) in [6, 6.07) is 71.8.